The van der Waals surface area contributed by atoms with Crippen LogP contribution in [-0.2, 0) is 6.42 Å². The van der Waals surface area contributed by atoms with Gasteiger partial charge in [-0.2, -0.15) is 4.39 Å². The Hall–Kier alpha value is -3.49. The normalized spacial score (nSPS) is 15.9. The Morgan fingerprint density at radius 2 is 1.97 bits per heavy atom. The number of aromatic nitrogens is 4. The average molecular weight is 396 g/mol. The predicted octanol–water partition coefficient (Wildman–Crippen LogP) is 3.02. The summed E-state index contributed by atoms with van der Waals surface area (Å²) in [5.74, 6) is -1.93. The van der Waals surface area contributed by atoms with Crippen LogP contribution >= 0.6 is 0 Å². The molecule has 2 aromatic heterocycles. The van der Waals surface area contributed by atoms with Crippen molar-refractivity contribution in [1.82, 2.24) is 19.9 Å². The number of fused-ring (bicyclic) bond motifs is 1. The molecule has 0 fully saturated rings. The number of Topliss-reactive ketones (excluding diaryl/α,β-unsaturated/α-hetero) is 1. The molecule has 0 aliphatic heterocycles. The number of benzene rings is 1. The summed E-state index contributed by atoms with van der Waals surface area (Å²) in [6.07, 6.45) is 1.84. The fourth-order valence-electron chi connectivity index (χ4n) is 3.74. The van der Waals surface area contributed by atoms with Crippen LogP contribution in [0.2, 0.25) is 0 Å². The van der Waals surface area contributed by atoms with Gasteiger partial charge in [0, 0.05) is 12.0 Å². The van der Waals surface area contributed by atoms with E-state index in [2.05, 4.69) is 19.9 Å². The Kier molecular flexibility index (Phi) is 4.65. The van der Waals surface area contributed by atoms with Gasteiger partial charge < -0.3 is 10.5 Å². The number of nitrogen functional groups attached to an aromatic ring is 1. The first kappa shape index (κ1) is 18.9. The van der Waals surface area contributed by atoms with E-state index in [0.717, 1.165) is 0 Å². The molecule has 0 saturated carbocycles. The van der Waals surface area contributed by atoms with Gasteiger partial charge in [0.25, 0.3) is 11.8 Å². The molecule has 3 aromatic rings. The number of ketones is 1. The van der Waals surface area contributed by atoms with Crippen molar-refractivity contribution in [2.45, 2.75) is 25.7 Å². The SMILES string of the molecule is COc1nc(-c2cc(F)ccc2C2CC(=O)c3c(C)nc(N)nc3C2)cnc1[18F]. The molecule has 1 aliphatic rings. The van der Waals surface area contributed by atoms with Crippen LogP contribution in [0, 0.1) is 18.7 Å². The minimum atomic E-state index is -0.862. The molecule has 2 N–H and O–H groups in total. The number of methoxy groups -OCH3 is 1. The van der Waals surface area contributed by atoms with E-state index in [1.165, 1.54) is 25.4 Å². The number of ether oxygens (including phenoxy) is 1. The van der Waals surface area contributed by atoms with Gasteiger partial charge in [-0.25, -0.2) is 24.3 Å². The van der Waals surface area contributed by atoms with Crippen LogP contribution in [0.4, 0.5) is 14.7 Å². The smallest absolute Gasteiger partial charge is 0.275 e. The van der Waals surface area contributed by atoms with Crippen LogP contribution in [-0.4, -0.2) is 32.8 Å². The molecule has 0 amide bonds. The van der Waals surface area contributed by atoms with Gasteiger partial charge in [-0.3, -0.25) is 4.79 Å². The Morgan fingerprint density at radius 3 is 2.72 bits per heavy atom. The molecule has 4 rings (SSSR count). The number of hydrogen-bond donors (Lipinski definition) is 1. The second-order valence-corrected chi connectivity index (χ2v) is 6.80. The highest BCUT2D eigenvalue weighted by molar-refractivity contribution is 6.00. The lowest BCUT2D eigenvalue weighted by Gasteiger charge is -2.26. The number of carbonyl (C=O) groups is 1. The van der Waals surface area contributed by atoms with Crippen LogP contribution in [0.25, 0.3) is 11.3 Å². The average Bonchev–Trinajstić information content (AvgIpc) is 2.67. The van der Waals surface area contributed by atoms with Crippen molar-refractivity contribution in [2.75, 3.05) is 12.8 Å². The molecule has 1 aliphatic carbocycles. The van der Waals surface area contributed by atoms with E-state index < -0.39 is 11.8 Å². The van der Waals surface area contributed by atoms with Crippen LogP contribution in [0.1, 0.15) is 39.6 Å². The number of hydrogen-bond acceptors (Lipinski definition) is 7. The van der Waals surface area contributed by atoms with Crippen LogP contribution in [0.3, 0.4) is 0 Å². The summed E-state index contributed by atoms with van der Waals surface area (Å²) in [6, 6.07) is 4.20. The predicted molar refractivity (Wildman–Crippen MR) is 101 cm³/mol. The van der Waals surface area contributed by atoms with Gasteiger partial charge in [0.1, 0.15) is 5.82 Å². The van der Waals surface area contributed by atoms with Gasteiger partial charge in [-0.05, 0) is 37.0 Å². The van der Waals surface area contributed by atoms with Crippen LogP contribution in [0.15, 0.2) is 24.4 Å². The Labute approximate surface area is 165 Å². The summed E-state index contributed by atoms with van der Waals surface area (Å²) in [5.41, 5.74) is 8.69. The molecule has 148 valence electrons. The first-order valence-corrected chi connectivity index (χ1v) is 8.90. The summed E-state index contributed by atoms with van der Waals surface area (Å²) in [5, 5.41) is 0. The molecular formula is C20H17F2N5O2. The van der Waals surface area contributed by atoms with Gasteiger partial charge >= 0.3 is 0 Å². The van der Waals surface area contributed by atoms with E-state index in [-0.39, 0.29) is 35.6 Å². The number of aryl methyl sites for hydroxylation is 1. The van der Waals surface area contributed by atoms with Crippen LogP contribution < -0.4 is 10.5 Å². The summed E-state index contributed by atoms with van der Waals surface area (Å²) >= 11 is 0. The number of anilines is 1. The topological polar surface area (TPSA) is 104 Å². The largest absolute Gasteiger partial charge is 0.478 e. The lowest BCUT2D eigenvalue weighted by molar-refractivity contribution is 0.0962. The van der Waals surface area contributed by atoms with Gasteiger partial charge in [-0.1, -0.05) is 6.07 Å². The molecule has 9 heteroatoms. The molecule has 1 atom stereocenters. The minimum Gasteiger partial charge on any atom is -0.478 e. The van der Waals surface area contributed by atoms with Gasteiger partial charge in [0.05, 0.1) is 36.0 Å². The third kappa shape index (κ3) is 3.39. The Bertz CT molecular complexity index is 1140. The lowest BCUT2D eigenvalue weighted by Crippen LogP contribution is -2.23. The standard InChI is InChI=1S/C20H17F2N5O2/c1-9-17-14(27-20(23)25-9)5-10(6-16(17)28)12-4-3-11(21)7-13(12)15-8-24-18(22)19(26-15)29-2/h3-4,7-8,10H,5-6H2,1-2H3,(H2,23,25,27)/i22-1. The maximum Gasteiger partial charge on any atom is 0.275 e. The third-order valence-electron chi connectivity index (χ3n) is 4.96. The van der Waals surface area contributed by atoms with E-state index in [1.54, 1.807) is 13.0 Å². The Balaban J connectivity index is 1.82. The summed E-state index contributed by atoms with van der Waals surface area (Å²) in [4.78, 5) is 28.8. The van der Waals surface area contributed by atoms with Crippen molar-refractivity contribution in [1.29, 1.82) is 0 Å². The number of rotatable bonds is 3. The molecular weight excluding hydrogens is 379 g/mol. The Morgan fingerprint density at radius 1 is 1.17 bits per heavy atom. The van der Waals surface area contributed by atoms with E-state index in [0.29, 0.717) is 34.5 Å². The van der Waals surface area contributed by atoms with E-state index in [4.69, 9.17) is 10.5 Å². The van der Waals surface area contributed by atoms with E-state index >= 15 is 0 Å². The van der Waals surface area contributed by atoms with Crippen molar-refractivity contribution in [2.24, 2.45) is 0 Å². The maximum atomic E-state index is 14.0. The molecule has 1 unspecified atom stereocenters. The van der Waals surface area contributed by atoms with Gasteiger partial charge in [-0.15, -0.1) is 0 Å². The number of nitrogens with zero attached hydrogens (tertiary/aromatic N) is 4. The summed E-state index contributed by atoms with van der Waals surface area (Å²) in [7, 11) is 1.27. The fraction of sp³-hybridized carbons (Fsp3) is 0.250. The molecule has 0 saturated heterocycles. The number of nitrogens with two attached hydrogens (primary N) is 1. The maximum absolute atomic E-state index is 14.0. The molecule has 2 heterocycles. The first-order valence-electron chi connectivity index (χ1n) is 8.90. The molecule has 0 spiro atoms. The summed E-state index contributed by atoms with van der Waals surface area (Å²) < 4.78 is 32.6. The second kappa shape index (κ2) is 7.16. The highest BCUT2D eigenvalue weighted by atomic mass is 19.1. The van der Waals surface area contributed by atoms with Crippen LogP contribution in [0.5, 0.6) is 5.88 Å². The van der Waals surface area contributed by atoms with Gasteiger partial charge in [0.15, 0.2) is 5.78 Å². The molecule has 29 heavy (non-hydrogen) atoms. The quantitative estimate of drug-likeness (QED) is 0.726. The zero-order valence-corrected chi connectivity index (χ0v) is 15.7. The van der Waals surface area contributed by atoms with Crippen molar-refractivity contribution in [3.05, 3.63) is 58.7 Å². The molecule has 1 aromatic carbocycles. The van der Waals surface area contributed by atoms with Crippen molar-refractivity contribution in [3.63, 3.8) is 0 Å². The minimum absolute atomic E-state index is 0.100. The molecule has 0 radical (unpaired) electrons. The highest BCUT2D eigenvalue weighted by Gasteiger charge is 2.31. The number of halogens is 2. The molecule has 7 nitrogen and oxygen atoms in total. The van der Waals surface area contributed by atoms with E-state index in [1.807, 2.05) is 0 Å². The second-order valence-electron chi connectivity index (χ2n) is 6.80. The number of carbonyl (C=O) groups excluding carboxylic acids is 1. The van der Waals surface area contributed by atoms with Crippen molar-refractivity contribution in [3.8, 4) is 17.1 Å². The van der Waals surface area contributed by atoms with Crippen molar-refractivity contribution >= 4 is 11.7 Å². The third-order valence-corrected chi connectivity index (χ3v) is 4.96. The zero-order valence-electron chi connectivity index (χ0n) is 15.7. The zero-order chi connectivity index (χ0) is 20.7. The fourth-order valence-corrected chi connectivity index (χ4v) is 3.74. The lowest BCUT2D eigenvalue weighted by atomic mass is 9.79. The first-order chi connectivity index (χ1) is 13.9. The molecule has 0 bridgehead atoms. The highest BCUT2D eigenvalue weighted by Crippen LogP contribution is 2.38. The monoisotopic (exact) mass is 396 g/mol. The van der Waals surface area contributed by atoms with E-state index in [9.17, 15) is 13.6 Å². The van der Waals surface area contributed by atoms with Gasteiger partial charge in [0.2, 0.25) is 5.95 Å². The van der Waals surface area contributed by atoms with Crippen molar-refractivity contribution < 1.29 is 18.3 Å². The summed E-state index contributed by atoms with van der Waals surface area (Å²) in [6.45, 7) is 1.72.